The Hall–Kier alpha value is -2.76. The Bertz CT molecular complexity index is 1080. The van der Waals surface area contributed by atoms with Crippen molar-refractivity contribution in [3.05, 3.63) is 54.0 Å². The van der Waals surface area contributed by atoms with Gasteiger partial charge in [-0.15, -0.1) is 0 Å². The van der Waals surface area contributed by atoms with Crippen molar-refractivity contribution in [2.45, 2.75) is 36.2 Å². The summed E-state index contributed by atoms with van der Waals surface area (Å²) in [5.74, 6) is -1.08. The lowest BCUT2D eigenvalue weighted by molar-refractivity contribution is -0.111. The van der Waals surface area contributed by atoms with E-state index in [1.54, 1.807) is 0 Å². The van der Waals surface area contributed by atoms with Crippen molar-refractivity contribution in [3.8, 4) is 0 Å². The second-order valence-electron chi connectivity index (χ2n) is 7.62. The fourth-order valence-electron chi connectivity index (χ4n) is 3.38. The van der Waals surface area contributed by atoms with Gasteiger partial charge in [-0.05, 0) is 36.5 Å². The first-order valence-corrected chi connectivity index (χ1v) is 11.7. The number of benzene rings is 1. The molecular formula is C21H23F2N3O5S. The number of hydrogen-bond donors (Lipinski definition) is 3. The first-order valence-electron chi connectivity index (χ1n) is 9.81. The largest absolute Gasteiger partial charge is 0.393 e. The van der Waals surface area contributed by atoms with Crippen molar-refractivity contribution in [1.29, 1.82) is 0 Å². The number of allylic oxidation sites excluding steroid dienone is 1. The number of rotatable bonds is 7. The summed E-state index contributed by atoms with van der Waals surface area (Å²) in [7, 11) is -3.44. The van der Waals surface area contributed by atoms with Crippen molar-refractivity contribution in [3.63, 3.8) is 0 Å². The van der Waals surface area contributed by atoms with Gasteiger partial charge in [0.2, 0.25) is 0 Å². The van der Waals surface area contributed by atoms with Gasteiger partial charge in [0.15, 0.2) is 15.7 Å². The van der Waals surface area contributed by atoms with Crippen LogP contribution in [0.5, 0.6) is 0 Å². The number of aliphatic hydroxyl groups is 2. The Balaban J connectivity index is 1.89. The molecule has 0 aliphatic heterocycles. The molecule has 2 aromatic rings. The lowest BCUT2D eigenvalue weighted by atomic mass is 9.98. The van der Waals surface area contributed by atoms with E-state index in [-0.39, 0.29) is 34.8 Å². The number of aromatic nitrogens is 2. The molecule has 8 nitrogen and oxygen atoms in total. The molecule has 11 heteroatoms. The van der Waals surface area contributed by atoms with Crippen LogP contribution < -0.4 is 5.32 Å². The predicted octanol–water partition coefficient (Wildman–Crippen LogP) is 2.01. The van der Waals surface area contributed by atoms with Gasteiger partial charge in [0, 0.05) is 11.8 Å². The molecule has 1 fully saturated rings. The number of amides is 1. The molecule has 3 N–H and O–H groups in total. The van der Waals surface area contributed by atoms with E-state index < -0.39 is 46.7 Å². The van der Waals surface area contributed by atoms with E-state index in [0.29, 0.717) is 5.56 Å². The minimum atomic E-state index is -3.44. The molecule has 1 heterocycles. The summed E-state index contributed by atoms with van der Waals surface area (Å²) in [6.07, 6.45) is 0.381. The fourth-order valence-corrected chi connectivity index (χ4v) is 4.01. The number of hydrogen-bond acceptors (Lipinski definition) is 7. The molecule has 2 unspecified atom stereocenters. The Morgan fingerprint density at radius 1 is 1.19 bits per heavy atom. The monoisotopic (exact) mass is 467 g/mol. The molecule has 3 rings (SSSR count). The maximum absolute atomic E-state index is 13.7. The van der Waals surface area contributed by atoms with Crippen LogP contribution >= 0.6 is 0 Å². The number of alkyl halides is 2. The summed E-state index contributed by atoms with van der Waals surface area (Å²) < 4.78 is 50.7. The summed E-state index contributed by atoms with van der Waals surface area (Å²) in [5, 5.41) is 21.1. The average molecular weight is 467 g/mol. The summed E-state index contributed by atoms with van der Waals surface area (Å²) in [4.78, 5) is 20.9. The van der Waals surface area contributed by atoms with Crippen molar-refractivity contribution >= 4 is 27.1 Å². The third-order valence-corrected chi connectivity index (χ3v) is 6.24. The number of sulfone groups is 1. The van der Waals surface area contributed by atoms with Crippen LogP contribution in [0.3, 0.4) is 0 Å². The highest BCUT2D eigenvalue weighted by Gasteiger charge is 2.34. The first-order chi connectivity index (χ1) is 15.1. The lowest BCUT2D eigenvalue weighted by Crippen LogP contribution is -2.16. The Morgan fingerprint density at radius 2 is 1.81 bits per heavy atom. The average Bonchev–Trinajstić information content (AvgIpc) is 3.08. The van der Waals surface area contributed by atoms with Gasteiger partial charge in [-0.25, -0.2) is 22.2 Å². The second kappa shape index (κ2) is 9.80. The van der Waals surface area contributed by atoms with Gasteiger partial charge >= 0.3 is 0 Å². The van der Waals surface area contributed by atoms with E-state index in [9.17, 15) is 27.1 Å². The molecule has 1 aliphatic rings. The van der Waals surface area contributed by atoms with E-state index in [4.69, 9.17) is 5.11 Å². The van der Waals surface area contributed by atoms with E-state index >= 15 is 0 Å². The molecule has 1 aromatic carbocycles. The highest BCUT2D eigenvalue weighted by Crippen LogP contribution is 2.34. The summed E-state index contributed by atoms with van der Waals surface area (Å²) in [6, 6.07) is 5.59. The first kappa shape index (κ1) is 23.9. The van der Waals surface area contributed by atoms with Gasteiger partial charge < -0.3 is 15.5 Å². The van der Waals surface area contributed by atoms with Gasteiger partial charge in [-0.1, -0.05) is 18.2 Å². The van der Waals surface area contributed by atoms with E-state index in [2.05, 4.69) is 15.3 Å². The fraction of sp³-hybridized carbons (Fsp3) is 0.381. The number of carbonyl (C=O) groups excluding carboxylic acids is 1. The normalized spacial score (nSPS) is 22.5. The molecular weight excluding hydrogens is 444 g/mol. The van der Waals surface area contributed by atoms with Crippen LogP contribution in [-0.2, 0) is 14.6 Å². The van der Waals surface area contributed by atoms with Crippen LogP contribution in [0.1, 0.15) is 30.2 Å². The molecule has 32 heavy (non-hydrogen) atoms. The number of nitrogens with one attached hydrogen (secondary N) is 1. The zero-order valence-electron chi connectivity index (χ0n) is 17.1. The van der Waals surface area contributed by atoms with E-state index in [1.165, 1.54) is 42.7 Å². The minimum Gasteiger partial charge on any atom is -0.393 e. The van der Waals surface area contributed by atoms with Gasteiger partial charge in [0.25, 0.3) is 5.91 Å². The zero-order valence-corrected chi connectivity index (χ0v) is 18.0. The molecule has 1 aromatic heterocycles. The molecule has 0 spiro atoms. The number of aliphatic hydroxyl groups excluding tert-OH is 2. The molecule has 0 saturated heterocycles. The van der Waals surface area contributed by atoms with Crippen molar-refractivity contribution in [2.24, 2.45) is 5.92 Å². The van der Waals surface area contributed by atoms with Crippen LogP contribution in [0, 0.1) is 5.92 Å². The molecule has 1 aliphatic carbocycles. The second-order valence-corrected chi connectivity index (χ2v) is 9.64. The third kappa shape index (κ3) is 5.72. The molecule has 4 atom stereocenters. The molecule has 0 bridgehead atoms. The molecule has 1 saturated carbocycles. The van der Waals surface area contributed by atoms with Crippen LogP contribution in [0.15, 0.2) is 47.6 Å². The van der Waals surface area contributed by atoms with Gasteiger partial charge in [-0.3, -0.25) is 9.78 Å². The maximum atomic E-state index is 13.7. The standard InChI is InChI=1S/C21H23F2N3O5S/c1-32(30,31)14-4-2-13(3-5-14)15(6-12-7-16(22)17(23)8-12)21(29)26-20-10-24-18(9-25-20)19(28)11-27/h2-6,9-10,12,16-17,19,27-28H,7-8,11H2,1H3,(H,25,26,29)/b15-6+/t12?,16-,17+,19?. The molecule has 0 radical (unpaired) electrons. The quantitative estimate of drug-likeness (QED) is 0.531. The number of halogens is 2. The van der Waals surface area contributed by atoms with Crippen LogP contribution in [-0.4, -0.2) is 59.7 Å². The topological polar surface area (TPSA) is 129 Å². The Morgan fingerprint density at radius 3 is 2.31 bits per heavy atom. The summed E-state index contributed by atoms with van der Waals surface area (Å²) >= 11 is 0. The van der Waals surface area contributed by atoms with Gasteiger partial charge in [-0.2, -0.15) is 0 Å². The smallest absolute Gasteiger partial charge is 0.257 e. The zero-order chi connectivity index (χ0) is 23.5. The summed E-state index contributed by atoms with van der Waals surface area (Å²) in [5.41, 5.74) is 0.595. The highest BCUT2D eigenvalue weighted by molar-refractivity contribution is 7.90. The third-order valence-electron chi connectivity index (χ3n) is 5.12. The molecule has 1 amide bonds. The van der Waals surface area contributed by atoms with Crippen molar-refractivity contribution < 1.29 is 32.2 Å². The van der Waals surface area contributed by atoms with Gasteiger partial charge in [0.05, 0.1) is 29.6 Å². The highest BCUT2D eigenvalue weighted by atomic mass is 32.2. The van der Waals surface area contributed by atoms with E-state index in [0.717, 1.165) is 6.26 Å². The van der Waals surface area contributed by atoms with E-state index in [1.807, 2.05) is 0 Å². The minimum absolute atomic E-state index is 0.0562. The number of nitrogens with zero attached hydrogens (tertiary/aromatic N) is 2. The maximum Gasteiger partial charge on any atom is 0.257 e. The Kier molecular flexibility index (Phi) is 7.32. The van der Waals surface area contributed by atoms with Crippen LogP contribution in [0.25, 0.3) is 5.57 Å². The SMILES string of the molecule is CS(=O)(=O)c1ccc(/C(=C\C2C[C@@H](F)[C@@H](F)C2)C(=O)Nc2cnc(C(O)CO)cn2)cc1. The summed E-state index contributed by atoms with van der Waals surface area (Å²) in [6.45, 7) is -0.538. The number of carbonyl (C=O) groups is 1. The van der Waals surface area contributed by atoms with Crippen LogP contribution in [0.2, 0.25) is 0 Å². The number of anilines is 1. The lowest BCUT2D eigenvalue weighted by Gasteiger charge is -2.13. The predicted molar refractivity (Wildman–Crippen MR) is 113 cm³/mol. The Labute approximate surface area is 184 Å². The molecule has 172 valence electrons. The van der Waals surface area contributed by atoms with Crippen molar-refractivity contribution in [2.75, 3.05) is 18.2 Å². The van der Waals surface area contributed by atoms with Crippen LogP contribution in [0.4, 0.5) is 14.6 Å². The van der Waals surface area contributed by atoms with Crippen molar-refractivity contribution in [1.82, 2.24) is 9.97 Å². The van der Waals surface area contributed by atoms with Gasteiger partial charge in [0.1, 0.15) is 18.4 Å².